The van der Waals surface area contributed by atoms with Crippen molar-refractivity contribution in [3.63, 3.8) is 0 Å². The van der Waals surface area contributed by atoms with Crippen LogP contribution in [0.1, 0.15) is 26.2 Å². The second kappa shape index (κ2) is 8.86. The van der Waals surface area contributed by atoms with Crippen molar-refractivity contribution in [1.82, 2.24) is 5.32 Å². The van der Waals surface area contributed by atoms with Gasteiger partial charge in [-0.3, -0.25) is 0 Å². The molecule has 1 saturated heterocycles. The predicted molar refractivity (Wildman–Crippen MR) is 68.3 cm³/mol. The highest BCUT2D eigenvalue weighted by molar-refractivity contribution is 4.79. The van der Waals surface area contributed by atoms with Crippen LogP contribution in [0.3, 0.4) is 0 Å². The number of rotatable bonds is 9. The molecule has 102 valence electrons. The smallest absolute Gasteiger partial charge is 0.0700 e. The van der Waals surface area contributed by atoms with Crippen molar-refractivity contribution in [2.24, 2.45) is 5.41 Å². The molecular formula is C13H27NO3. The lowest BCUT2D eigenvalue weighted by molar-refractivity contribution is 0.0236. The molecule has 0 atom stereocenters. The summed E-state index contributed by atoms with van der Waals surface area (Å²) in [7, 11) is 1.69. The van der Waals surface area contributed by atoms with Gasteiger partial charge in [-0.15, -0.1) is 0 Å². The highest BCUT2D eigenvalue weighted by atomic mass is 16.5. The van der Waals surface area contributed by atoms with Gasteiger partial charge in [-0.05, 0) is 31.2 Å². The Hall–Kier alpha value is -0.160. The first-order chi connectivity index (χ1) is 8.27. The van der Waals surface area contributed by atoms with Gasteiger partial charge in [0.2, 0.25) is 0 Å². The highest BCUT2D eigenvalue weighted by Crippen LogP contribution is 2.28. The maximum absolute atomic E-state index is 5.41. The standard InChI is InChI=1S/C13H27NO3/c1-13(4-8-17-9-5-13)12-14-6-3-7-16-11-10-15-2/h14H,3-12H2,1-2H3. The summed E-state index contributed by atoms with van der Waals surface area (Å²) in [5.74, 6) is 0. The van der Waals surface area contributed by atoms with E-state index in [1.807, 2.05) is 0 Å². The zero-order valence-electron chi connectivity index (χ0n) is 11.3. The first kappa shape index (κ1) is 14.9. The van der Waals surface area contributed by atoms with Crippen molar-refractivity contribution in [2.45, 2.75) is 26.2 Å². The molecule has 0 amide bonds. The molecular weight excluding hydrogens is 218 g/mol. The van der Waals surface area contributed by atoms with Crippen LogP contribution in [0.15, 0.2) is 0 Å². The molecule has 0 unspecified atom stereocenters. The van der Waals surface area contributed by atoms with Gasteiger partial charge in [0.05, 0.1) is 13.2 Å². The zero-order valence-corrected chi connectivity index (χ0v) is 11.3. The molecule has 17 heavy (non-hydrogen) atoms. The monoisotopic (exact) mass is 245 g/mol. The van der Waals surface area contributed by atoms with Crippen LogP contribution < -0.4 is 5.32 Å². The average Bonchev–Trinajstić information content (AvgIpc) is 2.33. The van der Waals surface area contributed by atoms with E-state index in [2.05, 4.69) is 12.2 Å². The second-order valence-corrected chi connectivity index (χ2v) is 5.06. The van der Waals surface area contributed by atoms with Crippen molar-refractivity contribution < 1.29 is 14.2 Å². The summed E-state index contributed by atoms with van der Waals surface area (Å²) in [5, 5.41) is 3.52. The minimum Gasteiger partial charge on any atom is -0.382 e. The average molecular weight is 245 g/mol. The lowest BCUT2D eigenvalue weighted by atomic mass is 9.82. The Morgan fingerprint density at radius 1 is 1.18 bits per heavy atom. The first-order valence-electron chi connectivity index (χ1n) is 6.62. The third-order valence-electron chi connectivity index (χ3n) is 3.33. The molecule has 1 aliphatic rings. The van der Waals surface area contributed by atoms with Gasteiger partial charge in [-0.25, -0.2) is 0 Å². The molecule has 1 heterocycles. The highest BCUT2D eigenvalue weighted by Gasteiger charge is 2.26. The molecule has 0 radical (unpaired) electrons. The molecule has 0 bridgehead atoms. The molecule has 0 aromatic heterocycles. The molecule has 0 aliphatic carbocycles. The molecule has 0 aromatic rings. The third-order valence-corrected chi connectivity index (χ3v) is 3.33. The van der Waals surface area contributed by atoms with Gasteiger partial charge in [0.25, 0.3) is 0 Å². The Balaban J connectivity index is 1.89. The van der Waals surface area contributed by atoms with E-state index in [4.69, 9.17) is 14.2 Å². The molecule has 4 heteroatoms. The number of ether oxygens (including phenoxy) is 3. The van der Waals surface area contributed by atoms with E-state index in [0.29, 0.717) is 18.6 Å². The van der Waals surface area contributed by atoms with E-state index in [-0.39, 0.29) is 0 Å². The molecule has 0 aromatic carbocycles. The van der Waals surface area contributed by atoms with Crippen LogP contribution in [-0.2, 0) is 14.2 Å². The van der Waals surface area contributed by atoms with Crippen LogP contribution in [0, 0.1) is 5.41 Å². The fourth-order valence-electron chi connectivity index (χ4n) is 1.97. The molecule has 1 fully saturated rings. The first-order valence-corrected chi connectivity index (χ1v) is 6.62. The van der Waals surface area contributed by atoms with Gasteiger partial charge in [0, 0.05) is 33.5 Å². The van der Waals surface area contributed by atoms with Gasteiger partial charge in [-0.1, -0.05) is 6.92 Å². The number of hydrogen-bond acceptors (Lipinski definition) is 4. The Morgan fingerprint density at radius 3 is 2.65 bits per heavy atom. The van der Waals surface area contributed by atoms with Gasteiger partial charge in [0.1, 0.15) is 0 Å². The summed E-state index contributed by atoms with van der Waals surface area (Å²) in [6.45, 7) is 8.50. The lowest BCUT2D eigenvalue weighted by Crippen LogP contribution is -2.37. The molecule has 1 rings (SSSR count). The molecule has 0 spiro atoms. The fraction of sp³-hybridized carbons (Fsp3) is 1.00. The van der Waals surface area contributed by atoms with Gasteiger partial charge < -0.3 is 19.5 Å². The number of nitrogens with one attached hydrogen (secondary N) is 1. The van der Waals surface area contributed by atoms with E-state index in [1.165, 1.54) is 12.8 Å². The summed E-state index contributed by atoms with van der Waals surface area (Å²) in [5.41, 5.74) is 0.426. The number of methoxy groups -OCH3 is 1. The fourth-order valence-corrected chi connectivity index (χ4v) is 1.97. The van der Waals surface area contributed by atoms with Crippen molar-refractivity contribution in [3.8, 4) is 0 Å². The largest absolute Gasteiger partial charge is 0.382 e. The second-order valence-electron chi connectivity index (χ2n) is 5.06. The van der Waals surface area contributed by atoms with Crippen LogP contribution in [0.5, 0.6) is 0 Å². The van der Waals surface area contributed by atoms with Crippen molar-refractivity contribution in [3.05, 3.63) is 0 Å². The minimum absolute atomic E-state index is 0.426. The minimum atomic E-state index is 0.426. The van der Waals surface area contributed by atoms with E-state index in [0.717, 1.165) is 39.3 Å². The van der Waals surface area contributed by atoms with Crippen molar-refractivity contribution in [2.75, 3.05) is 53.2 Å². The van der Waals surface area contributed by atoms with Crippen molar-refractivity contribution in [1.29, 1.82) is 0 Å². The summed E-state index contributed by atoms with van der Waals surface area (Å²) in [4.78, 5) is 0. The summed E-state index contributed by atoms with van der Waals surface area (Å²) < 4.78 is 15.7. The third kappa shape index (κ3) is 6.99. The molecule has 1 aliphatic heterocycles. The van der Waals surface area contributed by atoms with Crippen LogP contribution in [0.4, 0.5) is 0 Å². The number of hydrogen-bond donors (Lipinski definition) is 1. The maximum atomic E-state index is 5.41. The van der Waals surface area contributed by atoms with E-state index < -0.39 is 0 Å². The van der Waals surface area contributed by atoms with Crippen LogP contribution >= 0.6 is 0 Å². The predicted octanol–water partition coefficient (Wildman–Crippen LogP) is 1.45. The van der Waals surface area contributed by atoms with Gasteiger partial charge in [-0.2, -0.15) is 0 Å². The topological polar surface area (TPSA) is 39.7 Å². The summed E-state index contributed by atoms with van der Waals surface area (Å²) in [6.07, 6.45) is 3.41. The zero-order chi connectivity index (χ0) is 12.4. The Labute approximate surface area is 105 Å². The van der Waals surface area contributed by atoms with Crippen LogP contribution in [0.25, 0.3) is 0 Å². The van der Waals surface area contributed by atoms with E-state index in [9.17, 15) is 0 Å². The normalized spacial score (nSPS) is 19.4. The summed E-state index contributed by atoms with van der Waals surface area (Å²) >= 11 is 0. The Bertz CT molecular complexity index is 182. The Morgan fingerprint density at radius 2 is 1.94 bits per heavy atom. The van der Waals surface area contributed by atoms with Gasteiger partial charge in [0.15, 0.2) is 0 Å². The maximum Gasteiger partial charge on any atom is 0.0700 e. The van der Waals surface area contributed by atoms with E-state index in [1.54, 1.807) is 7.11 Å². The lowest BCUT2D eigenvalue weighted by Gasteiger charge is -2.33. The molecule has 1 N–H and O–H groups in total. The Kier molecular flexibility index (Phi) is 7.77. The molecule has 0 saturated carbocycles. The van der Waals surface area contributed by atoms with Gasteiger partial charge >= 0.3 is 0 Å². The van der Waals surface area contributed by atoms with Crippen LogP contribution in [0.2, 0.25) is 0 Å². The van der Waals surface area contributed by atoms with E-state index >= 15 is 0 Å². The quantitative estimate of drug-likeness (QED) is 0.624. The van der Waals surface area contributed by atoms with Crippen molar-refractivity contribution >= 4 is 0 Å². The molecule has 4 nitrogen and oxygen atoms in total. The van der Waals surface area contributed by atoms with Crippen LogP contribution in [-0.4, -0.2) is 53.2 Å². The summed E-state index contributed by atoms with van der Waals surface area (Å²) in [6, 6.07) is 0. The SMILES string of the molecule is COCCOCCCNCC1(C)CCOCC1.